The summed E-state index contributed by atoms with van der Waals surface area (Å²) in [6, 6.07) is 13.2. The van der Waals surface area contributed by atoms with Crippen molar-refractivity contribution in [2.24, 2.45) is 0 Å². The molecule has 136 valence electrons. The molecule has 2 aromatic carbocycles. The molecule has 1 unspecified atom stereocenters. The van der Waals surface area contributed by atoms with Crippen molar-refractivity contribution in [2.45, 2.75) is 33.3 Å². The normalized spacial score (nSPS) is 15.8. The van der Waals surface area contributed by atoms with Crippen LogP contribution in [0.2, 0.25) is 0 Å². The second-order valence-electron chi connectivity index (χ2n) is 6.61. The molecule has 0 aromatic heterocycles. The van der Waals surface area contributed by atoms with Crippen molar-refractivity contribution in [2.75, 3.05) is 23.3 Å². The van der Waals surface area contributed by atoms with Gasteiger partial charge in [0.05, 0.1) is 18.8 Å². The van der Waals surface area contributed by atoms with Crippen molar-refractivity contribution in [3.8, 4) is 5.75 Å². The van der Waals surface area contributed by atoms with E-state index in [9.17, 15) is 9.59 Å². The summed E-state index contributed by atoms with van der Waals surface area (Å²) in [5.41, 5.74) is 3.35. The molecule has 0 aliphatic carbocycles. The minimum atomic E-state index is -0.0841. The molecule has 0 saturated heterocycles. The number of carbonyl (C=O) groups excluding carboxylic acids is 2. The number of amides is 1. The highest BCUT2D eigenvalue weighted by atomic mass is 16.5. The number of nitrogens with one attached hydrogen (secondary N) is 1. The van der Waals surface area contributed by atoms with E-state index in [4.69, 9.17) is 4.74 Å². The van der Waals surface area contributed by atoms with Crippen LogP contribution < -0.4 is 15.0 Å². The standard InChI is InChI=1S/C21H24N2O3/c1-4-16-7-5-6-8-18(16)22-21(25)13-23-12-14(2)26-20-10-9-17(15(3)24)11-19(20)23/h5-11,14H,4,12-13H2,1-3H3,(H,22,25). The monoisotopic (exact) mass is 352 g/mol. The van der Waals surface area contributed by atoms with E-state index in [1.165, 1.54) is 6.92 Å². The van der Waals surface area contributed by atoms with Gasteiger partial charge in [0.1, 0.15) is 11.9 Å². The first-order chi connectivity index (χ1) is 12.5. The van der Waals surface area contributed by atoms with Crippen LogP contribution in [0, 0.1) is 0 Å². The number of anilines is 2. The first-order valence-electron chi connectivity index (χ1n) is 8.92. The lowest BCUT2D eigenvalue weighted by Gasteiger charge is -2.34. The minimum absolute atomic E-state index is 0.00676. The van der Waals surface area contributed by atoms with Crippen molar-refractivity contribution >= 4 is 23.1 Å². The number of hydrogen-bond donors (Lipinski definition) is 1. The van der Waals surface area contributed by atoms with E-state index in [1.54, 1.807) is 18.2 Å². The topological polar surface area (TPSA) is 58.6 Å². The van der Waals surface area contributed by atoms with Gasteiger partial charge in [0.25, 0.3) is 0 Å². The molecule has 5 nitrogen and oxygen atoms in total. The van der Waals surface area contributed by atoms with Gasteiger partial charge in [-0.15, -0.1) is 0 Å². The van der Waals surface area contributed by atoms with Crippen LogP contribution in [0.25, 0.3) is 0 Å². The fraction of sp³-hybridized carbons (Fsp3) is 0.333. The molecule has 26 heavy (non-hydrogen) atoms. The van der Waals surface area contributed by atoms with Gasteiger partial charge >= 0.3 is 0 Å². The molecule has 1 atom stereocenters. The van der Waals surface area contributed by atoms with Crippen LogP contribution in [0.1, 0.15) is 36.7 Å². The first-order valence-corrected chi connectivity index (χ1v) is 8.92. The van der Waals surface area contributed by atoms with Crippen molar-refractivity contribution < 1.29 is 14.3 Å². The summed E-state index contributed by atoms with van der Waals surface area (Å²) in [4.78, 5) is 26.3. The fourth-order valence-electron chi connectivity index (χ4n) is 3.21. The van der Waals surface area contributed by atoms with E-state index in [-0.39, 0.29) is 24.3 Å². The molecule has 5 heteroatoms. The Morgan fingerprint density at radius 1 is 1.23 bits per heavy atom. The molecule has 1 heterocycles. The second kappa shape index (κ2) is 7.60. The number of nitrogens with zero attached hydrogens (tertiary/aromatic N) is 1. The van der Waals surface area contributed by atoms with Crippen LogP contribution in [0.15, 0.2) is 42.5 Å². The molecular weight excluding hydrogens is 328 g/mol. The number of ketones is 1. The maximum atomic E-state index is 12.6. The van der Waals surface area contributed by atoms with Crippen LogP contribution in [0.4, 0.5) is 11.4 Å². The molecule has 0 bridgehead atoms. The largest absolute Gasteiger partial charge is 0.487 e. The van der Waals surface area contributed by atoms with Crippen LogP contribution in [0.5, 0.6) is 5.75 Å². The maximum absolute atomic E-state index is 12.6. The smallest absolute Gasteiger partial charge is 0.243 e. The molecule has 0 spiro atoms. The van der Waals surface area contributed by atoms with E-state index in [0.717, 1.165) is 23.4 Å². The fourth-order valence-corrected chi connectivity index (χ4v) is 3.21. The van der Waals surface area contributed by atoms with Gasteiger partial charge in [-0.2, -0.15) is 0 Å². The summed E-state index contributed by atoms with van der Waals surface area (Å²) in [5.74, 6) is 0.613. The number of ether oxygens (including phenoxy) is 1. The number of rotatable bonds is 5. The Balaban J connectivity index is 1.80. The lowest BCUT2D eigenvalue weighted by Crippen LogP contribution is -2.42. The SMILES string of the molecule is CCc1ccccc1NC(=O)CN1CC(C)Oc2ccc(C(C)=O)cc21. The summed E-state index contributed by atoms with van der Waals surface area (Å²) in [5, 5.41) is 3.00. The van der Waals surface area contributed by atoms with Gasteiger partial charge in [0.2, 0.25) is 5.91 Å². The number of benzene rings is 2. The highest BCUT2D eigenvalue weighted by molar-refractivity contribution is 5.97. The average molecular weight is 352 g/mol. The van der Waals surface area contributed by atoms with Gasteiger partial charge in [-0.1, -0.05) is 25.1 Å². The quantitative estimate of drug-likeness (QED) is 0.834. The van der Waals surface area contributed by atoms with Gasteiger partial charge < -0.3 is 15.0 Å². The predicted octanol–water partition coefficient (Wildman–Crippen LogP) is 3.68. The van der Waals surface area contributed by atoms with Gasteiger partial charge in [-0.3, -0.25) is 9.59 Å². The number of aryl methyl sites for hydroxylation is 1. The lowest BCUT2D eigenvalue weighted by molar-refractivity contribution is -0.115. The number of Topliss-reactive ketones (excluding diaryl/α,β-unsaturated/α-hetero) is 1. The molecule has 1 aliphatic heterocycles. The van der Waals surface area contributed by atoms with Crippen molar-refractivity contribution in [1.82, 2.24) is 0 Å². The molecule has 3 rings (SSSR count). The zero-order valence-electron chi connectivity index (χ0n) is 15.4. The molecule has 2 aromatic rings. The third kappa shape index (κ3) is 3.87. The van der Waals surface area contributed by atoms with Crippen molar-refractivity contribution in [3.05, 3.63) is 53.6 Å². The number of para-hydroxylation sites is 1. The van der Waals surface area contributed by atoms with E-state index >= 15 is 0 Å². The Morgan fingerprint density at radius 3 is 2.73 bits per heavy atom. The second-order valence-corrected chi connectivity index (χ2v) is 6.61. The lowest BCUT2D eigenvalue weighted by atomic mass is 10.1. The summed E-state index contributed by atoms with van der Waals surface area (Å²) >= 11 is 0. The summed E-state index contributed by atoms with van der Waals surface area (Å²) in [6.45, 7) is 6.37. The molecular formula is C21H24N2O3. The molecule has 1 amide bonds. The maximum Gasteiger partial charge on any atom is 0.243 e. The first kappa shape index (κ1) is 18.0. The summed E-state index contributed by atoms with van der Waals surface area (Å²) in [6.07, 6.45) is 0.831. The molecule has 0 radical (unpaired) electrons. The molecule has 1 aliphatic rings. The number of carbonyl (C=O) groups is 2. The minimum Gasteiger partial charge on any atom is -0.487 e. The predicted molar refractivity (Wildman–Crippen MR) is 103 cm³/mol. The van der Waals surface area contributed by atoms with Crippen LogP contribution in [0.3, 0.4) is 0 Å². The van der Waals surface area contributed by atoms with Gasteiger partial charge in [0.15, 0.2) is 5.78 Å². The Kier molecular flexibility index (Phi) is 5.26. The van der Waals surface area contributed by atoms with E-state index in [1.807, 2.05) is 36.1 Å². The third-order valence-corrected chi connectivity index (χ3v) is 4.52. The molecule has 1 N–H and O–H groups in total. The molecule has 0 saturated carbocycles. The Labute approximate surface area is 154 Å². The summed E-state index contributed by atoms with van der Waals surface area (Å²) < 4.78 is 5.85. The van der Waals surface area contributed by atoms with E-state index in [2.05, 4.69) is 12.2 Å². The third-order valence-electron chi connectivity index (χ3n) is 4.52. The highest BCUT2D eigenvalue weighted by Crippen LogP contribution is 2.34. The van der Waals surface area contributed by atoms with Crippen molar-refractivity contribution in [3.63, 3.8) is 0 Å². The average Bonchev–Trinajstić information content (AvgIpc) is 2.61. The Hall–Kier alpha value is -2.82. The number of fused-ring (bicyclic) bond motifs is 1. The Bertz CT molecular complexity index is 832. The Morgan fingerprint density at radius 2 is 2.00 bits per heavy atom. The van der Waals surface area contributed by atoms with Crippen molar-refractivity contribution in [1.29, 1.82) is 0 Å². The van der Waals surface area contributed by atoms with Gasteiger partial charge in [-0.25, -0.2) is 0 Å². The number of hydrogen-bond acceptors (Lipinski definition) is 4. The van der Waals surface area contributed by atoms with Crippen LogP contribution >= 0.6 is 0 Å². The van der Waals surface area contributed by atoms with Gasteiger partial charge in [-0.05, 0) is 50.1 Å². The zero-order valence-corrected chi connectivity index (χ0v) is 15.4. The van der Waals surface area contributed by atoms with E-state index < -0.39 is 0 Å². The van der Waals surface area contributed by atoms with Gasteiger partial charge in [0, 0.05) is 11.3 Å². The van der Waals surface area contributed by atoms with Crippen LogP contribution in [-0.2, 0) is 11.2 Å². The zero-order chi connectivity index (χ0) is 18.7. The highest BCUT2D eigenvalue weighted by Gasteiger charge is 2.25. The van der Waals surface area contributed by atoms with E-state index in [0.29, 0.717) is 17.9 Å². The van der Waals surface area contributed by atoms with Crippen LogP contribution in [-0.4, -0.2) is 30.9 Å². The molecule has 0 fully saturated rings. The summed E-state index contributed by atoms with van der Waals surface area (Å²) in [7, 11) is 0.